The molecule has 1 aliphatic heterocycles. The van der Waals surface area contributed by atoms with E-state index in [-0.39, 0.29) is 31.0 Å². The van der Waals surface area contributed by atoms with Crippen molar-refractivity contribution < 1.29 is 29.2 Å². The van der Waals surface area contributed by atoms with Crippen LogP contribution in [0.25, 0.3) is 0 Å². The average Bonchev–Trinajstić information content (AvgIpc) is 2.85. The van der Waals surface area contributed by atoms with Gasteiger partial charge in [-0.2, -0.15) is 0 Å². The Kier molecular flexibility index (Phi) is 9.95. The van der Waals surface area contributed by atoms with Gasteiger partial charge in [0.2, 0.25) is 0 Å². The number of carbonyl (C=O) groups excluding carboxylic acids is 1. The van der Waals surface area contributed by atoms with E-state index in [0.717, 1.165) is 23.3 Å². The number of amides is 1. The number of ether oxygens (including phenoxy) is 3. The van der Waals surface area contributed by atoms with Crippen molar-refractivity contribution in [3.05, 3.63) is 65.7 Å². The molecule has 3 atom stereocenters. The topological polar surface area (TPSA) is 88.5 Å². The summed E-state index contributed by atoms with van der Waals surface area (Å²) in [6.45, 7) is 7.86. The molecule has 0 aromatic heterocycles. The molecule has 1 unspecified atom stereocenters. The number of aliphatic hydroxyl groups is 2. The van der Waals surface area contributed by atoms with Gasteiger partial charge in [0, 0.05) is 44.6 Å². The SMILES string of the molecule is CC(C)(C)OC(=O)N1C[C@@H](CO)C(c2ccc(OCCCOCc3ccccc3)cc2)[C@@H](CO)C1. The van der Waals surface area contributed by atoms with Crippen LogP contribution < -0.4 is 4.74 Å². The molecule has 2 aromatic carbocycles. The van der Waals surface area contributed by atoms with E-state index in [1.54, 1.807) is 4.90 Å². The Morgan fingerprint density at radius 3 is 2.14 bits per heavy atom. The Labute approximate surface area is 208 Å². The Bertz CT molecular complexity index is 882. The molecule has 1 heterocycles. The van der Waals surface area contributed by atoms with Crippen LogP contribution in [0.3, 0.4) is 0 Å². The summed E-state index contributed by atoms with van der Waals surface area (Å²) in [5.74, 6) is 0.317. The van der Waals surface area contributed by atoms with Crippen LogP contribution in [0.1, 0.15) is 44.2 Å². The predicted molar refractivity (Wildman–Crippen MR) is 134 cm³/mol. The van der Waals surface area contributed by atoms with Crippen molar-refractivity contribution in [1.82, 2.24) is 4.90 Å². The highest BCUT2D eigenvalue weighted by molar-refractivity contribution is 5.68. The highest BCUT2D eigenvalue weighted by atomic mass is 16.6. The molecule has 7 heteroatoms. The number of piperidine rings is 1. The second-order valence-electron chi connectivity index (χ2n) is 10.1. The van der Waals surface area contributed by atoms with Crippen LogP contribution in [-0.2, 0) is 16.1 Å². The first-order chi connectivity index (χ1) is 16.8. The Morgan fingerprint density at radius 2 is 1.57 bits per heavy atom. The molecule has 0 aliphatic carbocycles. The standard InChI is InChI=1S/C28H39NO6/c1-28(2,3)35-27(32)29-16-23(18-30)26(24(17-29)19-31)22-10-12-25(13-11-22)34-15-7-14-33-20-21-8-5-4-6-9-21/h4-6,8-13,23-24,26,30-31H,7,14-20H2,1-3H3/t23-,24+,26?. The molecule has 1 saturated heterocycles. The van der Waals surface area contributed by atoms with Gasteiger partial charge < -0.3 is 29.3 Å². The van der Waals surface area contributed by atoms with Crippen molar-refractivity contribution in [1.29, 1.82) is 0 Å². The van der Waals surface area contributed by atoms with Crippen LogP contribution in [0.15, 0.2) is 54.6 Å². The van der Waals surface area contributed by atoms with Gasteiger partial charge in [0.15, 0.2) is 0 Å². The van der Waals surface area contributed by atoms with Gasteiger partial charge in [-0.15, -0.1) is 0 Å². The van der Waals surface area contributed by atoms with Crippen molar-refractivity contribution >= 4 is 6.09 Å². The molecule has 3 rings (SSSR count). The van der Waals surface area contributed by atoms with Gasteiger partial charge >= 0.3 is 6.09 Å². The molecule has 192 valence electrons. The molecule has 2 N–H and O–H groups in total. The van der Waals surface area contributed by atoms with E-state index >= 15 is 0 Å². The number of hydrogen-bond acceptors (Lipinski definition) is 6. The van der Waals surface area contributed by atoms with E-state index in [2.05, 4.69) is 0 Å². The fourth-order valence-corrected chi connectivity index (χ4v) is 4.52. The number of carbonyl (C=O) groups is 1. The van der Waals surface area contributed by atoms with Crippen LogP contribution in [-0.4, -0.2) is 66.3 Å². The summed E-state index contributed by atoms with van der Waals surface area (Å²) in [4.78, 5) is 14.2. The normalized spacial score (nSPS) is 20.5. The molecule has 0 saturated carbocycles. The minimum Gasteiger partial charge on any atom is -0.494 e. The summed E-state index contributed by atoms with van der Waals surface area (Å²) in [6, 6.07) is 17.9. The van der Waals surface area contributed by atoms with Gasteiger partial charge in [-0.3, -0.25) is 0 Å². The third-order valence-electron chi connectivity index (χ3n) is 6.12. The second kappa shape index (κ2) is 12.9. The van der Waals surface area contributed by atoms with E-state index in [1.807, 2.05) is 75.4 Å². The largest absolute Gasteiger partial charge is 0.494 e. The molecular formula is C28H39NO6. The minimum absolute atomic E-state index is 0.0656. The monoisotopic (exact) mass is 485 g/mol. The summed E-state index contributed by atoms with van der Waals surface area (Å²) in [7, 11) is 0. The van der Waals surface area contributed by atoms with Crippen LogP contribution >= 0.6 is 0 Å². The zero-order valence-electron chi connectivity index (χ0n) is 21.1. The summed E-state index contributed by atoms with van der Waals surface area (Å²) < 4.78 is 17.0. The molecule has 0 spiro atoms. The molecule has 0 radical (unpaired) electrons. The maximum Gasteiger partial charge on any atom is 0.410 e. The lowest BCUT2D eigenvalue weighted by atomic mass is 9.74. The first-order valence-electron chi connectivity index (χ1n) is 12.3. The molecule has 1 fully saturated rings. The lowest BCUT2D eigenvalue weighted by molar-refractivity contribution is -0.00746. The van der Waals surface area contributed by atoms with Gasteiger partial charge in [-0.25, -0.2) is 4.79 Å². The Hall–Kier alpha value is -2.61. The summed E-state index contributed by atoms with van der Waals surface area (Å²) in [5, 5.41) is 20.2. The molecule has 1 amide bonds. The van der Waals surface area contributed by atoms with Crippen molar-refractivity contribution in [2.75, 3.05) is 39.5 Å². The molecule has 7 nitrogen and oxygen atoms in total. The quantitative estimate of drug-likeness (QED) is 0.490. The van der Waals surface area contributed by atoms with Crippen molar-refractivity contribution in [2.24, 2.45) is 11.8 Å². The van der Waals surface area contributed by atoms with E-state index in [9.17, 15) is 15.0 Å². The van der Waals surface area contributed by atoms with E-state index < -0.39 is 11.7 Å². The van der Waals surface area contributed by atoms with Crippen LogP contribution in [0.5, 0.6) is 5.75 Å². The molecule has 0 bridgehead atoms. The fourth-order valence-electron chi connectivity index (χ4n) is 4.52. The van der Waals surface area contributed by atoms with Crippen molar-refractivity contribution in [3.63, 3.8) is 0 Å². The zero-order chi connectivity index (χ0) is 25.3. The molecule has 1 aliphatic rings. The maximum absolute atomic E-state index is 12.6. The van der Waals surface area contributed by atoms with Gasteiger partial charge in [-0.1, -0.05) is 42.5 Å². The average molecular weight is 486 g/mol. The van der Waals surface area contributed by atoms with Gasteiger partial charge in [-0.05, 0) is 49.9 Å². The van der Waals surface area contributed by atoms with Gasteiger partial charge in [0.1, 0.15) is 11.4 Å². The van der Waals surface area contributed by atoms with E-state index in [1.165, 1.54) is 0 Å². The lowest BCUT2D eigenvalue weighted by Crippen LogP contribution is -2.51. The van der Waals surface area contributed by atoms with E-state index in [0.29, 0.717) is 32.9 Å². The van der Waals surface area contributed by atoms with E-state index in [4.69, 9.17) is 14.2 Å². The second-order valence-corrected chi connectivity index (χ2v) is 10.1. The number of aliphatic hydroxyl groups excluding tert-OH is 2. The molecule has 35 heavy (non-hydrogen) atoms. The van der Waals surface area contributed by atoms with Crippen LogP contribution in [0.4, 0.5) is 4.79 Å². The third kappa shape index (κ3) is 8.23. The number of likely N-dealkylation sites (tertiary alicyclic amines) is 1. The Balaban J connectivity index is 1.50. The summed E-state index contributed by atoms with van der Waals surface area (Å²) >= 11 is 0. The van der Waals surface area contributed by atoms with Gasteiger partial charge in [0.25, 0.3) is 0 Å². The molecule has 2 aromatic rings. The summed E-state index contributed by atoms with van der Waals surface area (Å²) in [5.41, 5.74) is 1.58. The predicted octanol–water partition coefficient (Wildman–Crippen LogP) is 4.22. The molecular weight excluding hydrogens is 446 g/mol. The van der Waals surface area contributed by atoms with Gasteiger partial charge in [0.05, 0.1) is 19.8 Å². The maximum atomic E-state index is 12.6. The van der Waals surface area contributed by atoms with Crippen LogP contribution in [0, 0.1) is 11.8 Å². The Morgan fingerprint density at radius 1 is 0.943 bits per heavy atom. The fraction of sp³-hybridized carbons (Fsp3) is 0.536. The number of hydrogen-bond donors (Lipinski definition) is 2. The number of benzene rings is 2. The summed E-state index contributed by atoms with van der Waals surface area (Å²) in [6.07, 6.45) is 0.376. The number of nitrogens with zero attached hydrogens (tertiary/aromatic N) is 1. The third-order valence-corrected chi connectivity index (χ3v) is 6.12. The first-order valence-corrected chi connectivity index (χ1v) is 12.3. The highest BCUT2D eigenvalue weighted by Gasteiger charge is 2.40. The zero-order valence-corrected chi connectivity index (χ0v) is 21.1. The van der Waals surface area contributed by atoms with Crippen molar-refractivity contribution in [2.45, 2.75) is 45.3 Å². The lowest BCUT2D eigenvalue weighted by Gasteiger charge is -2.43. The van der Waals surface area contributed by atoms with Crippen molar-refractivity contribution in [3.8, 4) is 5.75 Å². The minimum atomic E-state index is -0.596. The highest BCUT2D eigenvalue weighted by Crippen LogP contribution is 2.38. The smallest absolute Gasteiger partial charge is 0.410 e. The number of rotatable bonds is 10. The van der Waals surface area contributed by atoms with Crippen LogP contribution in [0.2, 0.25) is 0 Å². The first kappa shape index (κ1) is 27.0.